The van der Waals surface area contributed by atoms with Crippen molar-refractivity contribution in [1.82, 2.24) is 0 Å². The monoisotopic (exact) mass is 179 g/mol. The van der Waals surface area contributed by atoms with Crippen LogP contribution in [0.1, 0.15) is 29.2 Å². The fourth-order valence-corrected chi connectivity index (χ4v) is 1.70. The van der Waals surface area contributed by atoms with Crippen LogP contribution in [0, 0.1) is 13.8 Å². The molecular weight excluding hydrogens is 162 g/mol. The van der Waals surface area contributed by atoms with Crippen LogP contribution in [0.25, 0.3) is 0 Å². The van der Waals surface area contributed by atoms with Crippen molar-refractivity contribution in [3.05, 3.63) is 34.9 Å². The molecular formula is C11H17NO. The number of aliphatic hydroxyl groups is 1. The third kappa shape index (κ3) is 2.29. The van der Waals surface area contributed by atoms with Crippen LogP contribution in [-0.2, 0) is 0 Å². The first-order valence-corrected chi connectivity index (χ1v) is 4.59. The highest BCUT2D eigenvalue weighted by Crippen LogP contribution is 2.21. The maximum Gasteiger partial charge on any atom is 0.0449 e. The summed E-state index contributed by atoms with van der Waals surface area (Å²) in [5.41, 5.74) is 9.54. The molecule has 1 atom stereocenters. The van der Waals surface area contributed by atoms with Gasteiger partial charge < -0.3 is 10.8 Å². The molecule has 0 aliphatic heterocycles. The summed E-state index contributed by atoms with van der Waals surface area (Å²) in [7, 11) is 0. The minimum Gasteiger partial charge on any atom is -0.396 e. The lowest BCUT2D eigenvalue weighted by Gasteiger charge is -2.16. The zero-order chi connectivity index (χ0) is 9.84. The molecule has 0 fully saturated rings. The predicted molar refractivity (Wildman–Crippen MR) is 54.5 cm³/mol. The fraction of sp³-hybridized carbons (Fsp3) is 0.455. The van der Waals surface area contributed by atoms with Gasteiger partial charge in [0, 0.05) is 12.6 Å². The van der Waals surface area contributed by atoms with Crippen molar-refractivity contribution < 1.29 is 5.11 Å². The van der Waals surface area contributed by atoms with Crippen LogP contribution in [0.2, 0.25) is 0 Å². The molecule has 0 saturated carbocycles. The van der Waals surface area contributed by atoms with E-state index in [1.165, 1.54) is 16.7 Å². The molecule has 0 radical (unpaired) electrons. The van der Waals surface area contributed by atoms with E-state index in [-0.39, 0.29) is 12.6 Å². The number of aliphatic hydroxyl groups excluding tert-OH is 1. The zero-order valence-corrected chi connectivity index (χ0v) is 8.25. The van der Waals surface area contributed by atoms with Crippen LogP contribution >= 0.6 is 0 Å². The molecule has 13 heavy (non-hydrogen) atoms. The van der Waals surface area contributed by atoms with E-state index < -0.39 is 0 Å². The van der Waals surface area contributed by atoms with E-state index in [1.807, 2.05) is 6.07 Å². The van der Waals surface area contributed by atoms with Crippen molar-refractivity contribution >= 4 is 0 Å². The smallest absolute Gasteiger partial charge is 0.0449 e. The van der Waals surface area contributed by atoms with Crippen molar-refractivity contribution in [3.63, 3.8) is 0 Å². The van der Waals surface area contributed by atoms with E-state index in [1.54, 1.807) is 0 Å². The van der Waals surface area contributed by atoms with Crippen LogP contribution in [-0.4, -0.2) is 11.7 Å². The topological polar surface area (TPSA) is 46.2 Å². The number of aryl methyl sites for hydroxylation is 2. The Labute approximate surface area is 79.4 Å². The molecule has 1 unspecified atom stereocenters. The summed E-state index contributed by atoms with van der Waals surface area (Å²) in [6.45, 7) is 4.26. The molecule has 72 valence electrons. The Morgan fingerprint density at radius 3 is 2.31 bits per heavy atom. The average molecular weight is 179 g/mol. The highest BCUT2D eigenvalue weighted by molar-refractivity contribution is 5.35. The second-order valence-electron chi connectivity index (χ2n) is 3.42. The standard InChI is InChI=1S/C11H17NO/c1-8-4-3-5-9(2)11(8)10(12)6-7-13/h3-5,10,13H,6-7,12H2,1-2H3. The van der Waals surface area contributed by atoms with E-state index >= 15 is 0 Å². The minimum absolute atomic E-state index is 0.0359. The van der Waals surface area contributed by atoms with Crippen LogP contribution in [0.5, 0.6) is 0 Å². The maximum absolute atomic E-state index is 8.80. The maximum atomic E-state index is 8.80. The van der Waals surface area contributed by atoms with Crippen molar-refractivity contribution in [2.75, 3.05) is 6.61 Å². The Kier molecular flexibility index (Phi) is 3.46. The number of nitrogens with two attached hydrogens (primary N) is 1. The summed E-state index contributed by atoms with van der Waals surface area (Å²) in [4.78, 5) is 0. The van der Waals surface area contributed by atoms with Gasteiger partial charge in [0.05, 0.1) is 0 Å². The van der Waals surface area contributed by atoms with Crippen molar-refractivity contribution in [2.45, 2.75) is 26.3 Å². The first-order valence-electron chi connectivity index (χ1n) is 4.59. The lowest BCUT2D eigenvalue weighted by molar-refractivity contribution is 0.276. The molecule has 3 N–H and O–H groups in total. The van der Waals surface area contributed by atoms with E-state index in [4.69, 9.17) is 10.8 Å². The summed E-state index contributed by atoms with van der Waals surface area (Å²) >= 11 is 0. The van der Waals surface area contributed by atoms with Gasteiger partial charge in [-0.15, -0.1) is 0 Å². The van der Waals surface area contributed by atoms with Gasteiger partial charge in [-0.25, -0.2) is 0 Å². The number of hydrogen-bond donors (Lipinski definition) is 2. The van der Waals surface area contributed by atoms with E-state index in [2.05, 4.69) is 26.0 Å². The molecule has 1 aromatic rings. The molecule has 0 aliphatic carbocycles. The number of benzene rings is 1. The van der Waals surface area contributed by atoms with Crippen LogP contribution in [0.15, 0.2) is 18.2 Å². The fourth-order valence-electron chi connectivity index (χ4n) is 1.70. The Morgan fingerprint density at radius 1 is 1.31 bits per heavy atom. The summed E-state index contributed by atoms with van der Waals surface area (Å²) in [5.74, 6) is 0. The third-order valence-corrected chi connectivity index (χ3v) is 2.35. The quantitative estimate of drug-likeness (QED) is 0.741. The molecule has 0 bridgehead atoms. The molecule has 2 heteroatoms. The van der Waals surface area contributed by atoms with Gasteiger partial charge in [0.25, 0.3) is 0 Å². The molecule has 0 saturated heterocycles. The van der Waals surface area contributed by atoms with E-state index in [9.17, 15) is 0 Å². The average Bonchev–Trinajstić information content (AvgIpc) is 2.04. The van der Waals surface area contributed by atoms with Crippen molar-refractivity contribution in [1.29, 1.82) is 0 Å². The zero-order valence-electron chi connectivity index (χ0n) is 8.25. The summed E-state index contributed by atoms with van der Waals surface area (Å²) in [5, 5.41) is 8.80. The number of rotatable bonds is 3. The van der Waals surface area contributed by atoms with Crippen molar-refractivity contribution in [2.24, 2.45) is 5.73 Å². The van der Waals surface area contributed by atoms with Gasteiger partial charge in [-0.05, 0) is 37.0 Å². The van der Waals surface area contributed by atoms with Gasteiger partial charge in [-0.2, -0.15) is 0 Å². The molecule has 0 aromatic heterocycles. The van der Waals surface area contributed by atoms with Gasteiger partial charge in [0.1, 0.15) is 0 Å². The first kappa shape index (κ1) is 10.2. The van der Waals surface area contributed by atoms with E-state index in [0.29, 0.717) is 6.42 Å². The minimum atomic E-state index is -0.0359. The van der Waals surface area contributed by atoms with Crippen molar-refractivity contribution in [3.8, 4) is 0 Å². The van der Waals surface area contributed by atoms with Crippen LogP contribution in [0.4, 0.5) is 0 Å². The van der Waals surface area contributed by atoms with Gasteiger partial charge >= 0.3 is 0 Å². The highest BCUT2D eigenvalue weighted by atomic mass is 16.3. The largest absolute Gasteiger partial charge is 0.396 e. The second kappa shape index (κ2) is 4.40. The van der Waals surface area contributed by atoms with Crippen LogP contribution < -0.4 is 5.73 Å². The summed E-state index contributed by atoms with van der Waals surface area (Å²) in [6, 6.07) is 6.10. The lowest BCUT2D eigenvalue weighted by atomic mass is 9.95. The first-order chi connectivity index (χ1) is 6.16. The Balaban J connectivity index is 2.98. The van der Waals surface area contributed by atoms with Gasteiger partial charge in [0.15, 0.2) is 0 Å². The molecule has 0 amide bonds. The molecule has 0 spiro atoms. The Morgan fingerprint density at radius 2 is 1.85 bits per heavy atom. The third-order valence-electron chi connectivity index (χ3n) is 2.35. The molecule has 1 aromatic carbocycles. The number of hydrogen-bond acceptors (Lipinski definition) is 2. The highest BCUT2D eigenvalue weighted by Gasteiger charge is 2.10. The Bertz CT molecular complexity index is 263. The van der Waals surface area contributed by atoms with Gasteiger partial charge in [0.2, 0.25) is 0 Å². The predicted octanol–water partition coefficient (Wildman–Crippen LogP) is 1.69. The van der Waals surface area contributed by atoms with Gasteiger partial charge in [-0.1, -0.05) is 18.2 Å². The molecule has 1 rings (SSSR count). The summed E-state index contributed by atoms with van der Waals surface area (Å²) in [6.07, 6.45) is 0.631. The molecule has 0 heterocycles. The molecule has 0 aliphatic rings. The lowest BCUT2D eigenvalue weighted by Crippen LogP contribution is -2.14. The Hall–Kier alpha value is -0.860. The molecule has 2 nitrogen and oxygen atoms in total. The SMILES string of the molecule is Cc1cccc(C)c1C(N)CCO. The summed E-state index contributed by atoms with van der Waals surface area (Å²) < 4.78 is 0. The van der Waals surface area contributed by atoms with Crippen LogP contribution in [0.3, 0.4) is 0 Å². The van der Waals surface area contributed by atoms with E-state index in [0.717, 1.165) is 0 Å². The van der Waals surface area contributed by atoms with Gasteiger partial charge in [-0.3, -0.25) is 0 Å². The normalized spacial score (nSPS) is 12.9. The second-order valence-corrected chi connectivity index (χ2v) is 3.42.